The Bertz CT molecular complexity index is 74.6. The predicted octanol–water partition coefficient (Wildman–Crippen LogP) is -4.10. The minimum atomic E-state index is -1.04. The summed E-state index contributed by atoms with van der Waals surface area (Å²) in [6, 6.07) is 0. The maximum Gasteiger partial charge on any atom is 1.00 e. The average molecular weight is 140 g/mol. The summed E-state index contributed by atoms with van der Waals surface area (Å²) < 4.78 is 0. The van der Waals surface area contributed by atoms with Gasteiger partial charge in [0, 0.05) is 12.6 Å². The van der Waals surface area contributed by atoms with Crippen LogP contribution in [0.15, 0.2) is 0 Å². The standard InChI is InChI=1S/C5H10O3.Na/c6-4-2-1-3-5(7)8;/h6H,1-4H2,(H,7,8);/q;+1/p-1. The molecule has 0 aliphatic rings. The van der Waals surface area contributed by atoms with Gasteiger partial charge in [0.2, 0.25) is 0 Å². The third-order valence-corrected chi connectivity index (χ3v) is 0.789. The van der Waals surface area contributed by atoms with Crippen LogP contribution in [0, 0.1) is 0 Å². The molecule has 9 heavy (non-hydrogen) atoms. The van der Waals surface area contributed by atoms with Gasteiger partial charge in [-0.1, -0.05) is 0 Å². The number of rotatable bonds is 4. The summed E-state index contributed by atoms with van der Waals surface area (Å²) in [5, 5.41) is 17.8. The van der Waals surface area contributed by atoms with Gasteiger partial charge in [0.25, 0.3) is 0 Å². The monoisotopic (exact) mass is 140 g/mol. The second-order valence-electron chi connectivity index (χ2n) is 1.55. The van der Waals surface area contributed by atoms with Crippen molar-refractivity contribution in [2.75, 3.05) is 6.61 Å². The van der Waals surface area contributed by atoms with Crippen LogP contribution < -0.4 is 34.7 Å². The number of aliphatic hydroxyl groups excluding tert-OH is 1. The number of unbranched alkanes of at least 4 members (excludes halogenated alkanes) is 1. The average Bonchev–Trinajstić information content (AvgIpc) is 1.66. The first-order valence-electron chi connectivity index (χ1n) is 2.58. The van der Waals surface area contributed by atoms with E-state index in [-0.39, 0.29) is 42.6 Å². The van der Waals surface area contributed by atoms with E-state index in [0.29, 0.717) is 12.8 Å². The Kier molecular flexibility index (Phi) is 11.4. The summed E-state index contributed by atoms with van der Waals surface area (Å²) in [5.41, 5.74) is 0. The number of hydrogen-bond acceptors (Lipinski definition) is 3. The van der Waals surface area contributed by atoms with E-state index in [0.717, 1.165) is 0 Å². The van der Waals surface area contributed by atoms with Crippen molar-refractivity contribution in [3.05, 3.63) is 0 Å². The molecule has 0 aliphatic heterocycles. The van der Waals surface area contributed by atoms with Crippen LogP contribution >= 0.6 is 0 Å². The van der Waals surface area contributed by atoms with Crippen molar-refractivity contribution in [2.24, 2.45) is 0 Å². The molecule has 0 saturated carbocycles. The second kappa shape index (κ2) is 8.43. The van der Waals surface area contributed by atoms with Gasteiger partial charge >= 0.3 is 29.6 Å². The Morgan fingerprint density at radius 1 is 1.44 bits per heavy atom. The van der Waals surface area contributed by atoms with Crippen LogP contribution in [0.1, 0.15) is 19.3 Å². The number of carbonyl (C=O) groups excluding carboxylic acids is 1. The molecule has 0 aliphatic carbocycles. The van der Waals surface area contributed by atoms with Gasteiger partial charge in [0.1, 0.15) is 0 Å². The number of carboxylic acid groups (broad SMARTS) is 1. The maximum absolute atomic E-state index is 9.68. The first kappa shape index (κ1) is 12.1. The van der Waals surface area contributed by atoms with Crippen LogP contribution in [0.4, 0.5) is 0 Å². The first-order chi connectivity index (χ1) is 3.77. The largest absolute Gasteiger partial charge is 1.00 e. The van der Waals surface area contributed by atoms with Crippen LogP contribution in [0.3, 0.4) is 0 Å². The predicted molar refractivity (Wildman–Crippen MR) is 25.9 cm³/mol. The molecule has 0 amide bonds. The van der Waals surface area contributed by atoms with Crippen LogP contribution in [0.25, 0.3) is 0 Å². The quantitative estimate of drug-likeness (QED) is 0.319. The molecule has 0 spiro atoms. The summed E-state index contributed by atoms with van der Waals surface area (Å²) in [7, 11) is 0. The van der Waals surface area contributed by atoms with Gasteiger partial charge in [-0.3, -0.25) is 0 Å². The maximum atomic E-state index is 9.68. The minimum Gasteiger partial charge on any atom is -0.550 e. The van der Waals surface area contributed by atoms with Crippen molar-refractivity contribution in [2.45, 2.75) is 19.3 Å². The minimum absolute atomic E-state index is 0. The molecule has 0 fully saturated rings. The van der Waals surface area contributed by atoms with Crippen molar-refractivity contribution < 1.29 is 44.6 Å². The summed E-state index contributed by atoms with van der Waals surface area (Å²) in [4.78, 5) is 9.68. The molecule has 0 saturated heterocycles. The van der Waals surface area contributed by atoms with Gasteiger partial charge in [0.15, 0.2) is 0 Å². The number of carbonyl (C=O) groups is 1. The van der Waals surface area contributed by atoms with Crippen molar-refractivity contribution in [3.8, 4) is 0 Å². The van der Waals surface area contributed by atoms with E-state index in [4.69, 9.17) is 5.11 Å². The molecule has 0 rings (SSSR count). The van der Waals surface area contributed by atoms with Crippen molar-refractivity contribution >= 4 is 5.97 Å². The van der Waals surface area contributed by atoms with Crippen LogP contribution in [-0.2, 0) is 4.79 Å². The van der Waals surface area contributed by atoms with Crippen LogP contribution in [0.5, 0.6) is 0 Å². The molecule has 0 aromatic heterocycles. The molecule has 48 valence electrons. The summed E-state index contributed by atoms with van der Waals surface area (Å²) in [5.74, 6) is -1.04. The topological polar surface area (TPSA) is 60.4 Å². The summed E-state index contributed by atoms with van der Waals surface area (Å²) in [6.07, 6.45) is 1.12. The molecular weight excluding hydrogens is 131 g/mol. The molecule has 4 heteroatoms. The Labute approximate surface area is 76.4 Å². The zero-order chi connectivity index (χ0) is 6.41. The Morgan fingerprint density at radius 2 is 2.00 bits per heavy atom. The Balaban J connectivity index is 0. The SMILES string of the molecule is O=C([O-])CCCCO.[Na+]. The molecule has 3 nitrogen and oxygen atoms in total. The molecule has 0 radical (unpaired) electrons. The van der Waals surface area contributed by atoms with Gasteiger partial charge in [-0.25, -0.2) is 0 Å². The molecule has 0 heterocycles. The van der Waals surface area contributed by atoms with E-state index < -0.39 is 5.97 Å². The fourth-order valence-corrected chi connectivity index (χ4v) is 0.381. The van der Waals surface area contributed by atoms with E-state index in [2.05, 4.69) is 0 Å². The van der Waals surface area contributed by atoms with Gasteiger partial charge in [-0.2, -0.15) is 0 Å². The molecule has 0 aromatic carbocycles. The molecule has 0 atom stereocenters. The van der Waals surface area contributed by atoms with Gasteiger partial charge in [0.05, 0.1) is 0 Å². The van der Waals surface area contributed by atoms with E-state index in [1.165, 1.54) is 0 Å². The van der Waals surface area contributed by atoms with Gasteiger partial charge < -0.3 is 15.0 Å². The van der Waals surface area contributed by atoms with Crippen molar-refractivity contribution in [1.29, 1.82) is 0 Å². The second-order valence-corrected chi connectivity index (χ2v) is 1.55. The fraction of sp³-hybridized carbons (Fsp3) is 0.800. The van der Waals surface area contributed by atoms with Gasteiger partial charge in [-0.15, -0.1) is 0 Å². The number of aliphatic carboxylic acids is 1. The van der Waals surface area contributed by atoms with Crippen molar-refractivity contribution in [1.82, 2.24) is 0 Å². The fourth-order valence-electron chi connectivity index (χ4n) is 0.381. The van der Waals surface area contributed by atoms with Gasteiger partial charge in [-0.05, 0) is 19.3 Å². The Morgan fingerprint density at radius 3 is 2.33 bits per heavy atom. The van der Waals surface area contributed by atoms with E-state index in [1.807, 2.05) is 0 Å². The normalized spacial score (nSPS) is 8.11. The van der Waals surface area contributed by atoms with Crippen LogP contribution in [0.2, 0.25) is 0 Å². The molecule has 0 aromatic rings. The molecule has 1 N–H and O–H groups in total. The molecule has 0 bridgehead atoms. The third kappa shape index (κ3) is 11.8. The molecule has 0 unspecified atom stereocenters. The smallest absolute Gasteiger partial charge is 0.550 e. The van der Waals surface area contributed by atoms with Crippen molar-refractivity contribution in [3.63, 3.8) is 0 Å². The van der Waals surface area contributed by atoms with E-state index in [1.54, 1.807) is 0 Å². The summed E-state index contributed by atoms with van der Waals surface area (Å²) in [6.45, 7) is 0.0628. The number of carboxylic acids is 1. The zero-order valence-electron chi connectivity index (χ0n) is 5.59. The number of hydrogen-bond donors (Lipinski definition) is 1. The first-order valence-corrected chi connectivity index (χ1v) is 2.58. The third-order valence-electron chi connectivity index (χ3n) is 0.789. The van der Waals surface area contributed by atoms with E-state index in [9.17, 15) is 9.90 Å². The zero-order valence-corrected chi connectivity index (χ0v) is 7.59. The molecular formula is C5H9NaO3. The number of aliphatic hydroxyl groups is 1. The van der Waals surface area contributed by atoms with E-state index >= 15 is 0 Å². The summed E-state index contributed by atoms with van der Waals surface area (Å²) >= 11 is 0. The van der Waals surface area contributed by atoms with Crippen LogP contribution in [-0.4, -0.2) is 17.7 Å². The Hall–Kier alpha value is 0.430.